The first-order valence-corrected chi connectivity index (χ1v) is 3.03. The van der Waals surface area contributed by atoms with Crippen molar-refractivity contribution in [2.75, 3.05) is 0 Å². The minimum atomic E-state index is 0.785. The van der Waals surface area contributed by atoms with Crippen molar-refractivity contribution in [1.82, 2.24) is 0 Å². The highest BCUT2D eigenvalue weighted by Gasteiger charge is 2.12. The Morgan fingerprint density at radius 3 is 1.89 bits per heavy atom. The molecule has 0 atom stereocenters. The number of nitrogens with two attached hydrogens (primary N) is 2. The van der Waals surface area contributed by atoms with Gasteiger partial charge in [0.25, 0.3) is 0 Å². The van der Waals surface area contributed by atoms with Gasteiger partial charge < -0.3 is 11.5 Å². The zero-order valence-corrected chi connectivity index (χ0v) is 5.86. The van der Waals surface area contributed by atoms with Gasteiger partial charge in [-0.25, -0.2) is 0 Å². The SMILES string of the molecule is CC1=C(C)C(N)=C(N)C1. The maximum atomic E-state index is 5.61. The number of hydrogen-bond acceptors (Lipinski definition) is 2. The highest BCUT2D eigenvalue weighted by Crippen LogP contribution is 2.24. The molecule has 2 heteroatoms. The van der Waals surface area contributed by atoms with Gasteiger partial charge in [0.05, 0.1) is 5.70 Å². The topological polar surface area (TPSA) is 52.0 Å². The van der Waals surface area contributed by atoms with Crippen molar-refractivity contribution >= 4 is 0 Å². The Kier molecular flexibility index (Phi) is 1.24. The van der Waals surface area contributed by atoms with Crippen LogP contribution in [0.1, 0.15) is 20.3 Å². The number of hydrogen-bond donors (Lipinski definition) is 2. The molecule has 0 saturated heterocycles. The molecule has 0 heterocycles. The largest absolute Gasteiger partial charge is 0.400 e. The lowest BCUT2D eigenvalue weighted by molar-refractivity contribution is 1.10. The van der Waals surface area contributed by atoms with Crippen LogP contribution in [0.5, 0.6) is 0 Å². The highest BCUT2D eigenvalue weighted by molar-refractivity contribution is 5.42. The molecule has 1 aliphatic carbocycles. The van der Waals surface area contributed by atoms with Crippen LogP contribution in [0.3, 0.4) is 0 Å². The molecule has 0 amide bonds. The normalized spacial score (nSPS) is 19.8. The monoisotopic (exact) mass is 124 g/mol. The minimum Gasteiger partial charge on any atom is -0.400 e. The van der Waals surface area contributed by atoms with Gasteiger partial charge in [-0.1, -0.05) is 5.57 Å². The maximum absolute atomic E-state index is 5.61. The average Bonchev–Trinajstić information content (AvgIpc) is 1.98. The van der Waals surface area contributed by atoms with Crippen molar-refractivity contribution in [2.24, 2.45) is 11.5 Å². The lowest BCUT2D eigenvalue weighted by Crippen LogP contribution is -2.04. The summed E-state index contributed by atoms with van der Waals surface area (Å²) in [4.78, 5) is 0. The molecule has 0 radical (unpaired) electrons. The van der Waals surface area contributed by atoms with Crippen LogP contribution in [0.4, 0.5) is 0 Å². The first-order valence-electron chi connectivity index (χ1n) is 3.03. The molecule has 0 aromatic rings. The van der Waals surface area contributed by atoms with Gasteiger partial charge in [-0.15, -0.1) is 0 Å². The Labute approximate surface area is 55.2 Å². The maximum Gasteiger partial charge on any atom is 0.0537 e. The summed E-state index contributed by atoms with van der Waals surface area (Å²) in [6.07, 6.45) is 0.859. The summed E-state index contributed by atoms with van der Waals surface area (Å²) in [5.41, 5.74) is 15.2. The first-order chi connectivity index (χ1) is 4.13. The standard InChI is InChI=1S/C7H12N2/c1-4-3-6(8)7(9)5(4)2/h3,8-9H2,1-2H3. The fourth-order valence-corrected chi connectivity index (χ4v) is 0.984. The summed E-state index contributed by atoms with van der Waals surface area (Å²) in [5.74, 6) is 0. The molecule has 2 nitrogen and oxygen atoms in total. The van der Waals surface area contributed by atoms with Gasteiger partial charge >= 0.3 is 0 Å². The molecule has 4 N–H and O–H groups in total. The lowest BCUT2D eigenvalue weighted by Gasteiger charge is -1.94. The fourth-order valence-electron chi connectivity index (χ4n) is 0.984. The van der Waals surface area contributed by atoms with Crippen LogP contribution >= 0.6 is 0 Å². The zero-order valence-electron chi connectivity index (χ0n) is 5.86. The summed E-state index contributed by atoms with van der Waals surface area (Å²) in [7, 11) is 0. The average molecular weight is 124 g/mol. The Morgan fingerprint density at radius 2 is 1.78 bits per heavy atom. The molecule has 9 heavy (non-hydrogen) atoms. The van der Waals surface area contributed by atoms with Crippen molar-refractivity contribution in [3.8, 4) is 0 Å². The Morgan fingerprint density at radius 1 is 1.22 bits per heavy atom. The zero-order chi connectivity index (χ0) is 7.02. The summed E-state index contributed by atoms with van der Waals surface area (Å²) >= 11 is 0. The molecule has 0 aromatic heterocycles. The number of rotatable bonds is 0. The summed E-state index contributed by atoms with van der Waals surface area (Å²) in [6, 6.07) is 0. The molecule has 50 valence electrons. The van der Waals surface area contributed by atoms with Gasteiger partial charge in [0.15, 0.2) is 0 Å². The van der Waals surface area contributed by atoms with E-state index in [4.69, 9.17) is 11.5 Å². The van der Waals surface area contributed by atoms with E-state index in [9.17, 15) is 0 Å². The molecule has 0 unspecified atom stereocenters. The molecule has 0 saturated carbocycles. The number of allylic oxidation sites excluding steroid dienone is 2. The quantitative estimate of drug-likeness (QED) is 0.503. The molecule has 1 rings (SSSR count). The van der Waals surface area contributed by atoms with Crippen LogP contribution in [0.25, 0.3) is 0 Å². The van der Waals surface area contributed by atoms with Gasteiger partial charge in [-0.3, -0.25) is 0 Å². The van der Waals surface area contributed by atoms with Crippen molar-refractivity contribution in [1.29, 1.82) is 0 Å². The van der Waals surface area contributed by atoms with Gasteiger partial charge in [-0.05, 0) is 19.4 Å². The van der Waals surface area contributed by atoms with Crippen LogP contribution < -0.4 is 11.5 Å². The van der Waals surface area contributed by atoms with E-state index >= 15 is 0 Å². The van der Waals surface area contributed by atoms with E-state index in [0.717, 1.165) is 23.4 Å². The van der Waals surface area contributed by atoms with E-state index in [1.165, 1.54) is 5.57 Å². The molecule has 1 aliphatic rings. The van der Waals surface area contributed by atoms with Crippen molar-refractivity contribution in [3.63, 3.8) is 0 Å². The molecule has 0 aliphatic heterocycles. The Bertz CT molecular complexity index is 177. The summed E-state index contributed by atoms with van der Waals surface area (Å²) in [5, 5.41) is 0. The van der Waals surface area contributed by atoms with E-state index < -0.39 is 0 Å². The highest BCUT2D eigenvalue weighted by atomic mass is 14.7. The van der Waals surface area contributed by atoms with Crippen LogP contribution in [-0.4, -0.2) is 0 Å². The second-order valence-electron chi connectivity index (χ2n) is 2.52. The van der Waals surface area contributed by atoms with Crippen LogP contribution in [0, 0.1) is 0 Å². The summed E-state index contributed by atoms with van der Waals surface area (Å²) < 4.78 is 0. The van der Waals surface area contributed by atoms with E-state index in [1.54, 1.807) is 0 Å². The third kappa shape index (κ3) is 0.803. The van der Waals surface area contributed by atoms with E-state index in [2.05, 4.69) is 6.92 Å². The molecule has 0 fully saturated rings. The molecule has 0 spiro atoms. The van der Waals surface area contributed by atoms with Gasteiger partial charge in [0, 0.05) is 12.1 Å². The Hall–Kier alpha value is -0.920. The van der Waals surface area contributed by atoms with Crippen molar-refractivity contribution < 1.29 is 0 Å². The predicted octanol–water partition coefficient (Wildman–Crippen LogP) is 0.856. The molecule has 0 bridgehead atoms. The van der Waals surface area contributed by atoms with E-state index in [0.29, 0.717) is 0 Å². The smallest absolute Gasteiger partial charge is 0.0537 e. The fraction of sp³-hybridized carbons (Fsp3) is 0.429. The van der Waals surface area contributed by atoms with Gasteiger partial charge in [0.2, 0.25) is 0 Å². The van der Waals surface area contributed by atoms with E-state index in [-0.39, 0.29) is 0 Å². The van der Waals surface area contributed by atoms with Crippen LogP contribution in [-0.2, 0) is 0 Å². The second kappa shape index (κ2) is 1.79. The molecular formula is C7H12N2. The lowest BCUT2D eigenvalue weighted by atomic mass is 10.2. The summed E-state index contributed by atoms with van der Waals surface area (Å²) in [6.45, 7) is 4.06. The van der Waals surface area contributed by atoms with Crippen molar-refractivity contribution in [2.45, 2.75) is 20.3 Å². The first kappa shape index (κ1) is 6.20. The van der Waals surface area contributed by atoms with Gasteiger partial charge in [0.1, 0.15) is 0 Å². The predicted molar refractivity (Wildman–Crippen MR) is 38.4 cm³/mol. The van der Waals surface area contributed by atoms with Gasteiger partial charge in [-0.2, -0.15) is 0 Å². The van der Waals surface area contributed by atoms with Crippen LogP contribution in [0.2, 0.25) is 0 Å². The third-order valence-corrected chi connectivity index (χ3v) is 1.85. The van der Waals surface area contributed by atoms with Crippen LogP contribution in [0.15, 0.2) is 22.5 Å². The minimum absolute atomic E-state index is 0.785. The molecular weight excluding hydrogens is 112 g/mol. The molecule has 0 aromatic carbocycles. The van der Waals surface area contributed by atoms with E-state index in [1.807, 2.05) is 6.92 Å². The second-order valence-corrected chi connectivity index (χ2v) is 2.52. The third-order valence-electron chi connectivity index (χ3n) is 1.85. The Balaban J connectivity index is 2.97. The van der Waals surface area contributed by atoms with Crippen molar-refractivity contribution in [3.05, 3.63) is 22.5 Å².